The smallest absolute Gasteiger partial charge is 0.160 e. The third kappa shape index (κ3) is 2.17. The molecule has 0 atom stereocenters. The summed E-state index contributed by atoms with van der Waals surface area (Å²) >= 11 is 0. The molecule has 16 heavy (non-hydrogen) atoms. The van der Waals surface area contributed by atoms with Gasteiger partial charge in [-0.25, -0.2) is 9.97 Å². The molecule has 2 rings (SSSR count). The zero-order valence-electron chi connectivity index (χ0n) is 8.71. The summed E-state index contributed by atoms with van der Waals surface area (Å²) in [5.74, 6) is 1.65. The second-order valence-electron chi connectivity index (χ2n) is 3.03. The number of pyridine rings is 1. The Bertz CT molecular complexity index is 488. The summed E-state index contributed by atoms with van der Waals surface area (Å²) in [5, 5.41) is 3.07. The van der Waals surface area contributed by atoms with Gasteiger partial charge < -0.3 is 15.8 Å². The van der Waals surface area contributed by atoms with Crippen molar-refractivity contribution in [3.63, 3.8) is 0 Å². The summed E-state index contributed by atoms with van der Waals surface area (Å²) in [7, 11) is 1.58. The van der Waals surface area contributed by atoms with Gasteiger partial charge in [-0.2, -0.15) is 0 Å². The van der Waals surface area contributed by atoms with Crippen LogP contribution in [-0.4, -0.2) is 22.1 Å². The maximum atomic E-state index is 5.55. The van der Waals surface area contributed by atoms with Gasteiger partial charge in [0, 0.05) is 12.3 Å². The second kappa shape index (κ2) is 4.43. The standard InChI is InChI=1S/C10H11N5O/c1-16-8-5-12-3-2-7(8)15-10-4-9(11)13-6-14-10/h2-6H,1H3,(H3,11,12,13,14,15). The Morgan fingerprint density at radius 1 is 1.38 bits per heavy atom. The van der Waals surface area contributed by atoms with E-state index in [1.54, 1.807) is 31.6 Å². The van der Waals surface area contributed by atoms with Gasteiger partial charge in [0.2, 0.25) is 0 Å². The highest BCUT2D eigenvalue weighted by Crippen LogP contribution is 2.25. The Morgan fingerprint density at radius 3 is 3.00 bits per heavy atom. The van der Waals surface area contributed by atoms with Gasteiger partial charge in [0.05, 0.1) is 19.0 Å². The van der Waals surface area contributed by atoms with Crippen LogP contribution in [0.1, 0.15) is 0 Å². The highest BCUT2D eigenvalue weighted by Gasteiger charge is 2.03. The number of hydrogen-bond acceptors (Lipinski definition) is 6. The van der Waals surface area contributed by atoms with Gasteiger partial charge in [0.1, 0.15) is 18.0 Å². The SMILES string of the molecule is COc1cnccc1Nc1cc(N)ncn1. The van der Waals surface area contributed by atoms with E-state index in [2.05, 4.69) is 20.3 Å². The molecule has 0 aliphatic heterocycles. The molecule has 3 N–H and O–H groups in total. The summed E-state index contributed by atoms with van der Waals surface area (Å²) in [4.78, 5) is 11.8. The van der Waals surface area contributed by atoms with Crippen molar-refractivity contribution in [1.29, 1.82) is 0 Å². The van der Waals surface area contributed by atoms with Crippen LogP contribution >= 0.6 is 0 Å². The van der Waals surface area contributed by atoms with Gasteiger partial charge in [-0.3, -0.25) is 4.98 Å². The largest absolute Gasteiger partial charge is 0.493 e. The number of rotatable bonds is 3. The number of nitrogen functional groups attached to an aromatic ring is 1. The monoisotopic (exact) mass is 217 g/mol. The van der Waals surface area contributed by atoms with Crippen LogP contribution < -0.4 is 15.8 Å². The molecule has 2 aromatic heterocycles. The van der Waals surface area contributed by atoms with E-state index in [1.807, 2.05) is 0 Å². The fourth-order valence-electron chi connectivity index (χ4n) is 1.22. The molecule has 6 heteroatoms. The summed E-state index contributed by atoms with van der Waals surface area (Å²) in [6.07, 6.45) is 4.67. The maximum Gasteiger partial charge on any atom is 0.160 e. The molecule has 0 unspecified atom stereocenters. The molecule has 0 aromatic carbocycles. The van der Waals surface area contributed by atoms with E-state index in [0.29, 0.717) is 17.4 Å². The highest BCUT2D eigenvalue weighted by molar-refractivity contribution is 5.64. The minimum atomic E-state index is 0.408. The van der Waals surface area contributed by atoms with Crippen LogP contribution in [0.15, 0.2) is 30.9 Å². The molecule has 0 spiro atoms. The van der Waals surface area contributed by atoms with E-state index in [0.717, 1.165) is 5.69 Å². The van der Waals surface area contributed by atoms with Crippen LogP contribution in [0.2, 0.25) is 0 Å². The number of nitrogens with one attached hydrogen (secondary N) is 1. The highest BCUT2D eigenvalue weighted by atomic mass is 16.5. The van der Waals surface area contributed by atoms with Crippen LogP contribution in [0.25, 0.3) is 0 Å². The summed E-state index contributed by atoms with van der Waals surface area (Å²) in [5.41, 5.74) is 6.32. The number of anilines is 3. The Hall–Kier alpha value is -2.37. The first-order valence-corrected chi connectivity index (χ1v) is 4.62. The average molecular weight is 217 g/mol. The van der Waals surface area contributed by atoms with Crippen molar-refractivity contribution < 1.29 is 4.74 Å². The van der Waals surface area contributed by atoms with Gasteiger partial charge in [0.15, 0.2) is 5.75 Å². The number of aromatic nitrogens is 3. The van der Waals surface area contributed by atoms with Crippen LogP contribution in [0.4, 0.5) is 17.3 Å². The van der Waals surface area contributed by atoms with Crippen molar-refractivity contribution in [1.82, 2.24) is 15.0 Å². The van der Waals surface area contributed by atoms with E-state index in [1.165, 1.54) is 6.33 Å². The third-order valence-electron chi connectivity index (χ3n) is 1.96. The predicted molar refractivity (Wildman–Crippen MR) is 60.5 cm³/mol. The number of nitrogens with zero attached hydrogens (tertiary/aromatic N) is 3. The molecule has 0 aliphatic carbocycles. The molecule has 0 amide bonds. The third-order valence-corrected chi connectivity index (χ3v) is 1.96. The van der Waals surface area contributed by atoms with Crippen LogP contribution in [0.5, 0.6) is 5.75 Å². The fourth-order valence-corrected chi connectivity index (χ4v) is 1.22. The first-order chi connectivity index (χ1) is 7.79. The minimum Gasteiger partial charge on any atom is -0.493 e. The van der Waals surface area contributed by atoms with Crippen molar-refractivity contribution >= 4 is 17.3 Å². The summed E-state index contributed by atoms with van der Waals surface area (Å²) in [6.45, 7) is 0. The van der Waals surface area contributed by atoms with E-state index in [9.17, 15) is 0 Å². The molecule has 6 nitrogen and oxygen atoms in total. The molecule has 0 saturated heterocycles. The van der Waals surface area contributed by atoms with Crippen molar-refractivity contribution in [2.24, 2.45) is 0 Å². The Kier molecular flexibility index (Phi) is 2.81. The quantitative estimate of drug-likeness (QED) is 0.803. The molecule has 2 heterocycles. The topological polar surface area (TPSA) is 86.0 Å². The molecular formula is C10H11N5O. The zero-order chi connectivity index (χ0) is 11.4. The Labute approximate surface area is 92.5 Å². The number of ether oxygens (including phenoxy) is 1. The normalized spacial score (nSPS) is 9.81. The lowest BCUT2D eigenvalue weighted by Gasteiger charge is -2.09. The van der Waals surface area contributed by atoms with Gasteiger partial charge in [-0.1, -0.05) is 0 Å². The molecule has 0 fully saturated rings. The molecule has 82 valence electrons. The van der Waals surface area contributed by atoms with Gasteiger partial charge >= 0.3 is 0 Å². The molecular weight excluding hydrogens is 206 g/mol. The fraction of sp³-hybridized carbons (Fsp3) is 0.100. The van der Waals surface area contributed by atoms with Crippen molar-refractivity contribution in [2.75, 3.05) is 18.2 Å². The van der Waals surface area contributed by atoms with E-state index in [-0.39, 0.29) is 0 Å². The lowest BCUT2D eigenvalue weighted by Crippen LogP contribution is -1.99. The molecule has 0 bridgehead atoms. The molecule has 0 saturated carbocycles. The van der Waals surface area contributed by atoms with Crippen molar-refractivity contribution in [2.45, 2.75) is 0 Å². The average Bonchev–Trinajstić information content (AvgIpc) is 2.30. The lowest BCUT2D eigenvalue weighted by atomic mass is 10.3. The van der Waals surface area contributed by atoms with Gasteiger partial charge in [-0.05, 0) is 6.07 Å². The molecule has 0 aliphatic rings. The molecule has 2 aromatic rings. The minimum absolute atomic E-state index is 0.408. The Balaban J connectivity index is 2.26. The van der Waals surface area contributed by atoms with Gasteiger partial charge in [-0.15, -0.1) is 0 Å². The first-order valence-electron chi connectivity index (χ1n) is 4.62. The van der Waals surface area contributed by atoms with Crippen LogP contribution in [0, 0.1) is 0 Å². The van der Waals surface area contributed by atoms with E-state index in [4.69, 9.17) is 10.5 Å². The lowest BCUT2D eigenvalue weighted by molar-refractivity contribution is 0.415. The van der Waals surface area contributed by atoms with Crippen LogP contribution in [-0.2, 0) is 0 Å². The summed E-state index contributed by atoms with van der Waals surface area (Å²) < 4.78 is 5.15. The number of nitrogens with two attached hydrogens (primary N) is 1. The second-order valence-corrected chi connectivity index (χ2v) is 3.03. The first kappa shape index (κ1) is 10.2. The zero-order valence-corrected chi connectivity index (χ0v) is 8.71. The number of hydrogen-bond donors (Lipinski definition) is 2. The number of methoxy groups -OCH3 is 1. The van der Waals surface area contributed by atoms with E-state index >= 15 is 0 Å². The van der Waals surface area contributed by atoms with Gasteiger partial charge in [0.25, 0.3) is 0 Å². The Morgan fingerprint density at radius 2 is 2.25 bits per heavy atom. The van der Waals surface area contributed by atoms with Crippen molar-refractivity contribution in [3.05, 3.63) is 30.9 Å². The van der Waals surface area contributed by atoms with E-state index < -0.39 is 0 Å². The maximum absolute atomic E-state index is 5.55. The molecule has 0 radical (unpaired) electrons. The summed E-state index contributed by atoms with van der Waals surface area (Å²) in [6, 6.07) is 3.43. The van der Waals surface area contributed by atoms with Crippen molar-refractivity contribution in [3.8, 4) is 5.75 Å². The predicted octanol–water partition coefficient (Wildman–Crippen LogP) is 1.21. The van der Waals surface area contributed by atoms with Crippen LogP contribution in [0.3, 0.4) is 0 Å².